The number of aliphatic hydroxyl groups excluding tert-OH is 1. The number of nitrogens with two attached hydrogens (primary N) is 1. The monoisotopic (exact) mass is 333 g/mol. The molecule has 6 heteroatoms. The van der Waals surface area contributed by atoms with Gasteiger partial charge in [0.1, 0.15) is 19.2 Å². The topological polar surface area (TPSA) is 77.4 Å². The number of ether oxygens (including phenoxy) is 3. The quantitative estimate of drug-likeness (QED) is 0.671. The Hall–Kier alpha value is -2.15. The number of methoxy groups -OCH3 is 2. The molecule has 1 atom stereocenters. The van der Waals surface area contributed by atoms with Crippen LogP contribution in [0.1, 0.15) is 11.1 Å². The third-order valence-electron chi connectivity index (χ3n) is 3.57. The van der Waals surface area contributed by atoms with Crippen LogP contribution in [0.4, 0.5) is 0 Å². The van der Waals surface area contributed by atoms with Crippen molar-refractivity contribution in [3.05, 3.63) is 53.9 Å². The van der Waals surface area contributed by atoms with Gasteiger partial charge in [-0.25, -0.2) is 0 Å². The van der Waals surface area contributed by atoms with E-state index in [0.717, 1.165) is 17.7 Å². The number of benzene rings is 1. The highest BCUT2D eigenvalue weighted by atomic mass is 16.5. The van der Waals surface area contributed by atoms with Crippen LogP contribution in [0, 0.1) is 0 Å². The molecule has 0 aliphatic heterocycles. The van der Waals surface area contributed by atoms with Crippen LogP contribution in [0.15, 0.2) is 42.7 Å². The van der Waals surface area contributed by atoms with Crippen molar-refractivity contribution < 1.29 is 24.6 Å². The van der Waals surface area contributed by atoms with Gasteiger partial charge in [-0.05, 0) is 23.8 Å². The van der Waals surface area contributed by atoms with Gasteiger partial charge in [-0.3, -0.25) is 4.98 Å². The van der Waals surface area contributed by atoms with Crippen molar-refractivity contribution in [1.29, 1.82) is 0 Å². The summed E-state index contributed by atoms with van der Waals surface area (Å²) in [5.41, 5.74) is 2.11. The fourth-order valence-corrected chi connectivity index (χ4v) is 2.31. The Morgan fingerprint density at radius 3 is 2.67 bits per heavy atom. The first-order valence-electron chi connectivity index (χ1n) is 7.90. The van der Waals surface area contributed by atoms with E-state index < -0.39 is 6.10 Å². The molecule has 0 amide bonds. The van der Waals surface area contributed by atoms with E-state index in [1.165, 1.54) is 0 Å². The zero-order valence-electron chi connectivity index (χ0n) is 14.1. The number of nitrogens with zero attached hydrogens (tertiary/aromatic N) is 1. The number of aromatic nitrogens is 1. The maximum absolute atomic E-state index is 9.97. The summed E-state index contributed by atoms with van der Waals surface area (Å²) in [6.07, 6.45) is 3.07. The molecule has 0 spiro atoms. The highest BCUT2D eigenvalue weighted by Gasteiger charge is 2.08. The third kappa shape index (κ3) is 5.81. The van der Waals surface area contributed by atoms with Gasteiger partial charge in [0.25, 0.3) is 0 Å². The molecule has 2 aromatic rings. The minimum atomic E-state index is -0.512. The standard InChI is InChI=1S/C18H24N2O4/c1-22-17-6-5-14(8-18(17)23-2)12-24-13-16(21)11-20-10-15-4-3-7-19-9-15/h3-9,16,20-21H,10-13H2,1-2H3/p+1/t16-/m0/s1. The van der Waals surface area contributed by atoms with Crippen LogP contribution in [0.2, 0.25) is 0 Å². The second kappa shape index (κ2) is 9.87. The largest absolute Gasteiger partial charge is 0.493 e. The Morgan fingerprint density at radius 2 is 1.96 bits per heavy atom. The van der Waals surface area contributed by atoms with E-state index in [-0.39, 0.29) is 6.61 Å². The summed E-state index contributed by atoms with van der Waals surface area (Å²) >= 11 is 0. The molecule has 0 saturated carbocycles. The summed E-state index contributed by atoms with van der Waals surface area (Å²) in [6, 6.07) is 9.56. The first kappa shape index (κ1) is 18.2. The predicted molar refractivity (Wildman–Crippen MR) is 89.9 cm³/mol. The Labute approximate surface area is 142 Å². The molecule has 0 unspecified atom stereocenters. The van der Waals surface area contributed by atoms with E-state index in [4.69, 9.17) is 14.2 Å². The molecular formula is C18H25N2O4+. The molecule has 0 saturated heterocycles. The molecule has 1 aromatic heterocycles. The van der Waals surface area contributed by atoms with Crippen molar-refractivity contribution in [3.63, 3.8) is 0 Å². The van der Waals surface area contributed by atoms with Crippen molar-refractivity contribution in [2.75, 3.05) is 27.4 Å². The minimum Gasteiger partial charge on any atom is -0.493 e. The van der Waals surface area contributed by atoms with Gasteiger partial charge >= 0.3 is 0 Å². The lowest BCUT2D eigenvalue weighted by atomic mass is 10.2. The fraction of sp³-hybridized carbons (Fsp3) is 0.389. The molecule has 1 aromatic carbocycles. The Kier molecular flexibility index (Phi) is 7.48. The van der Waals surface area contributed by atoms with Crippen molar-refractivity contribution in [1.82, 2.24) is 4.98 Å². The smallest absolute Gasteiger partial charge is 0.161 e. The van der Waals surface area contributed by atoms with Crippen LogP contribution in [-0.2, 0) is 17.9 Å². The Morgan fingerprint density at radius 1 is 1.12 bits per heavy atom. The first-order valence-corrected chi connectivity index (χ1v) is 7.90. The highest BCUT2D eigenvalue weighted by molar-refractivity contribution is 5.42. The van der Waals surface area contributed by atoms with Gasteiger partial charge in [-0.2, -0.15) is 0 Å². The number of rotatable bonds is 10. The molecule has 0 aliphatic carbocycles. The lowest BCUT2D eigenvalue weighted by Gasteiger charge is -2.12. The second-order valence-electron chi connectivity index (χ2n) is 5.45. The van der Waals surface area contributed by atoms with Crippen molar-refractivity contribution in [2.24, 2.45) is 0 Å². The van der Waals surface area contributed by atoms with E-state index >= 15 is 0 Å². The van der Waals surface area contributed by atoms with Gasteiger partial charge in [0.05, 0.1) is 27.4 Å². The SMILES string of the molecule is COc1ccc(COC[C@@H](O)C[NH2+]Cc2cccnc2)cc1OC. The number of aliphatic hydroxyl groups is 1. The maximum Gasteiger partial charge on any atom is 0.161 e. The zero-order chi connectivity index (χ0) is 17.2. The van der Waals surface area contributed by atoms with Gasteiger partial charge in [0.15, 0.2) is 11.5 Å². The van der Waals surface area contributed by atoms with Crippen molar-refractivity contribution in [3.8, 4) is 11.5 Å². The maximum atomic E-state index is 9.97. The van der Waals surface area contributed by atoms with Crippen LogP contribution < -0.4 is 14.8 Å². The number of pyridine rings is 1. The third-order valence-corrected chi connectivity index (χ3v) is 3.57. The first-order chi connectivity index (χ1) is 11.7. The molecule has 0 radical (unpaired) electrons. The molecule has 3 N–H and O–H groups in total. The molecule has 6 nitrogen and oxygen atoms in total. The van der Waals surface area contributed by atoms with E-state index in [1.807, 2.05) is 41.8 Å². The van der Waals surface area contributed by atoms with E-state index in [1.54, 1.807) is 20.4 Å². The van der Waals surface area contributed by atoms with Gasteiger partial charge in [0, 0.05) is 18.0 Å². The summed E-state index contributed by atoms with van der Waals surface area (Å²) in [7, 11) is 3.21. The van der Waals surface area contributed by atoms with Gasteiger partial charge in [-0.15, -0.1) is 0 Å². The molecule has 0 aliphatic rings. The van der Waals surface area contributed by atoms with Gasteiger partial charge < -0.3 is 24.6 Å². The Bertz CT molecular complexity index is 607. The van der Waals surface area contributed by atoms with E-state index in [2.05, 4.69) is 4.98 Å². The van der Waals surface area contributed by atoms with Crippen LogP contribution >= 0.6 is 0 Å². The summed E-state index contributed by atoms with van der Waals surface area (Å²) in [6.45, 7) is 2.08. The van der Waals surface area contributed by atoms with Crippen LogP contribution in [-0.4, -0.2) is 43.6 Å². The molecule has 130 valence electrons. The average Bonchev–Trinajstić information content (AvgIpc) is 2.62. The molecule has 0 fully saturated rings. The average molecular weight is 333 g/mol. The normalized spacial score (nSPS) is 12.0. The summed E-state index contributed by atoms with van der Waals surface area (Å²) in [5, 5.41) is 12.0. The molecule has 1 heterocycles. The van der Waals surface area contributed by atoms with Crippen LogP contribution in [0.3, 0.4) is 0 Å². The van der Waals surface area contributed by atoms with E-state index in [0.29, 0.717) is 24.7 Å². The van der Waals surface area contributed by atoms with E-state index in [9.17, 15) is 5.11 Å². The Balaban J connectivity index is 1.68. The molecule has 24 heavy (non-hydrogen) atoms. The molecule has 2 rings (SSSR count). The summed E-state index contributed by atoms with van der Waals surface area (Å²) < 4.78 is 16.0. The highest BCUT2D eigenvalue weighted by Crippen LogP contribution is 2.27. The number of quaternary nitrogens is 1. The van der Waals surface area contributed by atoms with Crippen LogP contribution in [0.25, 0.3) is 0 Å². The number of hydrogen-bond donors (Lipinski definition) is 2. The minimum absolute atomic E-state index is 0.290. The lowest BCUT2D eigenvalue weighted by Crippen LogP contribution is -2.85. The van der Waals surface area contributed by atoms with Gasteiger partial charge in [0.2, 0.25) is 0 Å². The second-order valence-corrected chi connectivity index (χ2v) is 5.45. The van der Waals surface area contributed by atoms with Crippen molar-refractivity contribution >= 4 is 0 Å². The summed E-state index contributed by atoms with van der Waals surface area (Å²) in [4.78, 5) is 4.07. The van der Waals surface area contributed by atoms with Crippen LogP contribution in [0.5, 0.6) is 11.5 Å². The zero-order valence-corrected chi connectivity index (χ0v) is 14.1. The number of hydrogen-bond acceptors (Lipinski definition) is 5. The fourth-order valence-electron chi connectivity index (χ4n) is 2.31. The van der Waals surface area contributed by atoms with Crippen molar-refractivity contribution in [2.45, 2.75) is 19.3 Å². The molecule has 0 bridgehead atoms. The molecular weight excluding hydrogens is 308 g/mol. The van der Waals surface area contributed by atoms with Gasteiger partial charge in [-0.1, -0.05) is 12.1 Å². The lowest BCUT2D eigenvalue weighted by molar-refractivity contribution is -0.676. The predicted octanol–water partition coefficient (Wildman–Crippen LogP) is 0.740. The summed E-state index contributed by atoms with van der Waals surface area (Å²) in [5.74, 6) is 1.36.